The summed E-state index contributed by atoms with van der Waals surface area (Å²) in [5, 5.41) is 11.6. The van der Waals surface area contributed by atoms with Gasteiger partial charge in [-0.2, -0.15) is 5.26 Å². The molecule has 1 amide bonds. The van der Waals surface area contributed by atoms with Gasteiger partial charge >= 0.3 is 0 Å². The fraction of sp³-hybridized carbons (Fsp3) is 0.0714. The monoisotopic (exact) mass is 267 g/mol. The molecule has 1 aromatic heterocycles. The Hall–Kier alpha value is -2.91. The Bertz CT molecular complexity index is 663. The molecule has 0 atom stereocenters. The summed E-state index contributed by atoms with van der Waals surface area (Å²) in [5.41, 5.74) is 4.15. The molecule has 0 aliphatic rings. The summed E-state index contributed by atoms with van der Waals surface area (Å²) < 4.78 is 0. The highest BCUT2D eigenvalue weighted by Gasteiger charge is 2.10. The minimum Gasteiger partial charge on any atom is -0.348 e. The van der Waals surface area contributed by atoms with E-state index in [0.29, 0.717) is 23.5 Å². The number of pyridine rings is 1. The summed E-state index contributed by atoms with van der Waals surface area (Å²) >= 11 is 0. The van der Waals surface area contributed by atoms with Crippen molar-refractivity contribution in [2.24, 2.45) is 5.84 Å². The second-order valence-corrected chi connectivity index (χ2v) is 4.04. The number of benzene rings is 1. The lowest BCUT2D eigenvalue weighted by atomic mass is 10.1. The van der Waals surface area contributed by atoms with Crippen molar-refractivity contribution in [3.05, 3.63) is 59.3 Å². The largest absolute Gasteiger partial charge is 0.348 e. The molecule has 6 nitrogen and oxygen atoms in total. The van der Waals surface area contributed by atoms with E-state index in [-0.39, 0.29) is 5.91 Å². The molecular formula is C14H13N5O. The van der Waals surface area contributed by atoms with Gasteiger partial charge in [0, 0.05) is 12.7 Å². The van der Waals surface area contributed by atoms with Gasteiger partial charge in [0.1, 0.15) is 0 Å². The van der Waals surface area contributed by atoms with Crippen LogP contribution in [0.4, 0.5) is 5.82 Å². The molecule has 0 aliphatic heterocycles. The third-order valence-corrected chi connectivity index (χ3v) is 2.70. The number of anilines is 1. The van der Waals surface area contributed by atoms with Gasteiger partial charge in [-0.15, -0.1) is 0 Å². The Morgan fingerprint density at radius 1 is 1.35 bits per heavy atom. The van der Waals surface area contributed by atoms with Crippen LogP contribution in [0.3, 0.4) is 0 Å². The number of nitrogen functional groups attached to an aromatic ring is 1. The van der Waals surface area contributed by atoms with Crippen molar-refractivity contribution in [2.75, 3.05) is 5.43 Å². The van der Waals surface area contributed by atoms with E-state index < -0.39 is 0 Å². The van der Waals surface area contributed by atoms with Crippen molar-refractivity contribution in [3.63, 3.8) is 0 Å². The molecule has 0 saturated heterocycles. The first kappa shape index (κ1) is 13.5. The van der Waals surface area contributed by atoms with E-state index in [9.17, 15) is 4.79 Å². The maximum absolute atomic E-state index is 12.0. The Labute approximate surface area is 116 Å². The van der Waals surface area contributed by atoms with E-state index in [1.165, 1.54) is 0 Å². The van der Waals surface area contributed by atoms with E-state index >= 15 is 0 Å². The van der Waals surface area contributed by atoms with Crippen molar-refractivity contribution < 1.29 is 4.79 Å². The molecule has 4 N–H and O–H groups in total. The number of rotatable bonds is 4. The first-order valence-corrected chi connectivity index (χ1v) is 5.93. The number of hydrogen-bond acceptors (Lipinski definition) is 5. The number of nitrogens with two attached hydrogens (primary N) is 1. The summed E-state index contributed by atoms with van der Waals surface area (Å²) in [7, 11) is 0. The molecule has 0 saturated carbocycles. The third-order valence-electron chi connectivity index (χ3n) is 2.70. The first-order valence-electron chi connectivity index (χ1n) is 5.93. The standard InChI is InChI=1S/C14H13N5O/c15-8-10-3-1-4-11(7-10)9-18-14(20)12-5-2-6-17-13(12)19-16/h1-7H,9,16H2,(H,17,19)(H,18,20). The lowest BCUT2D eigenvalue weighted by Gasteiger charge is -2.08. The maximum atomic E-state index is 12.0. The Balaban J connectivity index is 2.07. The number of carbonyl (C=O) groups excluding carboxylic acids is 1. The summed E-state index contributed by atoms with van der Waals surface area (Å²) in [5.74, 6) is 5.34. The minimum atomic E-state index is -0.284. The van der Waals surface area contributed by atoms with Crippen molar-refractivity contribution in [1.29, 1.82) is 5.26 Å². The average molecular weight is 267 g/mol. The van der Waals surface area contributed by atoms with Gasteiger partial charge in [-0.05, 0) is 29.8 Å². The summed E-state index contributed by atoms with van der Waals surface area (Å²) in [4.78, 5) is 16.0. The number of nitrogens with zero attached hydrogens (tertiary/aromatic N) is 2. The molecule has 1 heterocycles. The van der Waals surface area contributed by atoms with Crippen molar-refractivity contribution in [1.82, 2.24) is 10.3 Å². The van der Waals surface area contributed by atoms with Crippen LogP contribution in [-0.2, 0) is 6.54 Å². The molecule has 0 bridgehead atoms. The lowest BCUT2D eigenvalue weighted by Crippen LogP contribution is -2.25. The zero-order chi connectivity index (χ0) is 14.4. The van der Waals surface area contributed by atoms with E-state index in [2.05, 4.69) is 21.8 Å². The van der Waals surface area contributed by atoms with Gasteiger partial charge in [0.15, 0.2) is 5.82 Å². The van der Waals surface area contributed by atoms with Crippen LogP contribution in [0.25, 0.3) is 0 Å². The lowest BCUT2D eigenvalue weighted by molar-refractivity contribution is 0.0951. The van der Waals surface area contributed by atoms with E-state index in [4.69, 9.17) is 11.1 Å². The maximum Gasteiger partial charge on any atom is 0.255 e. The molecule has 0 radical (unpaired) electrons. The van der Waals surface area contributed by atoms with Crippen LogP contribution in [0.5, 0.6) is 0 Å². The molecule has 2 aromatic rings. The van der Waals surface area contributed by atoms with Crippen LogP contribution >= 0.6 is 0 Å². The minimum absolute atomic E-state index is 0.284. The van der Waals surface area contributed by atoms with Crippen LogP contribution in [0.15, 0.2) is 42.6 Å². The van der Waals surface area contributed by atoms with Crippen molar-refractivity contribution >= 4 is 11.7 Å². The van der Waals surface area contributed by atoms with Crippen LogP contribution in [0.2, 0.25) is 0 Å². The number of carbonyl (C=O) groups is 1. The number of amides is 1. The average Bonchev–Trinajstić information content (AvgIpc) is 2.52. The molecule has 2 rings (SSSR count). The quantitative estimate of drug-likeness (QED) is 0.570. The third kappa shape index (κ3) is 3.10. The number of nitriles is 1. The van der Waals surface area contributed by atoms with Gasteiger partial charge in [-0.3, -0.25) is 4.79 Å². The SMILES string of the molecule is N#Cc1cccc(CNC(=O)c2cccnc2NN)c1. The number of hydrazine groups is 1. The topological polar surface area (TPSA) is 104 Å². The van der Waals surface area contributed by atoms with Crippen LogP contribution in [0, 0.1) is 11.3 Å². The van der Waals surface area contributed by atoms with Crippen LogP contribution < -0.4 is 16.6 Å². The molecule has 0 aliphatic carbocycles. The van der Waals surface area contributed by atoms with Crippen LogP contribution in [0.1, 0.15) is 21.5 Å². The smallest absolute Gasteiger partial charge is 0.255 e. The number of nitrogens with one attached hydrogen (secondary N) is 2. The summed E-state index contributed by atoms with van der Waals surface area (Å²) in [6.07, 6.45) is 1.54. The predicted molar refractivity (Wildman–Crippen MR) is 74.4 cm³/mol. The molecular weight excluding hydrogens is 254 g/mol. The highest BCUT2D eigenvalue weighted by molar-refractivity contribution is 5.98. The van der Waals surface area contributed by atoms with Gasteiger partial charge in [-0.25, -0.2) is 10.8 Å². The van der Waals surface area contributed by atoms with Crippen molar-refractivity contribution in [3.8, 4) is 6.07 Å². The second-order valence-electron chi connectivity index (χ2n) is 4.04. The predicted octanol–water partition coefficient (Wildman–Crippen LogP) is 1.17. The van der Waals surface area contributed by atoms with E-state index in [0.717, 1.165) is 5.56 Å². The zero-order valence-corrected chi connectivity index (χ0v) is 10.6. The molecule has 0 spiro atoms. The van der Waals surface area contributed by atoms with Gasteiger partial charge in [0.25, 0.3) is 5.91 Å². The molecule has 100 valence electrons. The molecule has 0 unspecified atom stereocenters. The van der Waals surface area contributed by atoms with Gasteiger partial charge < -0.3 is 10.7 Å². The highest BCUT2D eigenvalue weighted by atomic mass is 16.1. The normalized spacial score (nSPS) is 9.60. The fourth-order valence-corrected chi connectivity index (χ4v) is 1.73. The zero-order valence-electron chi connectivity index (χ0n) is 10.6. The Morgan fingerprint density at radius 3 is 2.95 bits per heavy atom. The van der Waals surface area contributed by atoms with Crippen molar-refractivity contribution in [2.45, 2.75) is 6.54 Å². The highest BCUT2D eigenvalue weighted by Crippen LogP contribution is 2.10. The van der Waals surface area contributed by atoms with E-state index in [1.54, 1.807) is 36.5 Å². The van der Waals surface area contributed by atoms with Gasteiger partial charge in [-0.1, -0.05) is 12.1 Å². The van der Waals surface area contributed by atoms with Crippen LogP contribution in [-0.4, -0.2) is 10.9 Å². The summed E-state index contributed by atoms with van der Waals surface area (Å²) in [6.45, 7) is 0.327. The van der Waals surface area contributed by atoms with E-state index in [1.807, 2.05) is 6.07 Å². The number of aromatic nitrogens is 1. The molecule has 0 fully saturated rings. The molecule has 1 aromatic carbocycles. The Morgan fingerprint density at radius 2 is 2.20 bits per heavy atom. The van der Waals surface area contributed by atoms with Gasteiger partial charge in [0.05, 0.1) is 17.2 Å². The molecule has 20 heavy (non-hydrogen) atoms. The van der Waals surface area contributed by atoms with Gasteiger partial charge in [0.2, 0.25) is 0 Å². The number of hydrogen-bond donors (Lipinski definition) is 3. The Kier molecular flexibility index (Phi) is 4.27. The second kappa shape index (κ2) is 6.31. The summed E-state index contributed by atoms with van der Waals surface area (Å²) in [6, 6.07) is 12.4. The fourth-order valence-electron chi connectivity index (χ4n) is 1.73. The molecule has 6 heteroatoms. The first-order chi connectivity index (χ1) is 9.74.